The maximum absolute atomic E-state index is 13.4. The molecule has 0 saturated carbocycles. The molecule has 0 unspecified atom stereocenters. The number of amides is 3. The van der Waals surface area contributed by atoms with Gasteiger partial charge >= 0.3 is 0 Å². The van der Waals surface area contributed by atoms with Gasteiger partial charge in [-0.05, 0) is 54.7 Å². The molecule has 7 heteroatoms. The first kappa shape index (κ1) is 19.5. The zero-order chi connectivity index (χ0) is 20.5. The third kappa shape index (κ3) is 3.62. The minimum Gasteiger partial charge on any atom is -0.495 e. The summed E-state index contributed by atoms with van der Waals surface area (Å²) in [6.45, 7) is 2.86. The van der Waals surface area contributed by atoms with Crippen LogP contribution in [0.3, 0.4) is 0 Å². The van der Waals surface area contributed by atoms with Crippen LogP contribution in [0.15, 0.2) is 36.4 Å². The van der Waals surface area contributed by atoms with Crippen LogP contribution in [0.1, 0.15) is 33.5 Å². The highest BCUT2D eigenvalue weighted by Gasteiger charge is 2.31. The highest BCUT2D eigenvalue weighted by Crippen LogP contribution is 2.39. The van der Waals surface area contributed by atoms with E-state index in [1.807, 2.05) is 18.2 Å². The number of anilines is 1. The van der Waals surface area contributed by atoms with E-state index in [0.29, 0.717) is 17.9 Å². The molecule has 0 N–H and O–H groups in total. The molecule has 0 spiro atoms. The molecular formula is C22H22N2O4S. The Bertz CT molecular complexity index is 988. The van der Waals surface area contributed by atoms with Crippen LogP contribution in [0.5, 0.6) is 5.75 Å². The predicted molar refractivity (Wildman–Crippen MR) is 113 cm³/mol. The largest absolute Gasteiger partial charge is 0.495 e. The van der Waals surface area contributed by atoms with Crippen molar-refractivity contribution in [3.05, 3.63) is 58.7 Å². The number of carbonyl (C=O) groups excluding carboxylic acids is 3. The van der Waals surface area contributed by atoms with Crippen molar-refractivity contribution in [3.63, 3.8) is 0 Å². The number of aryl methyl sites for hydroxylation is 1. The number of fused-ring (bicyclic) bond motifs is 1. The Morgan fingerprint density at radius 2 is 2.03 bits per heavy atom. The van der Waals surface area contributed by atoms with Crippen molar-refractivity contribution in [2.75, 3.05) is 24.3 Å². The van der Waals surface area contributed by atoms with Crippen LogP contribution in [0.25, 0.3) is 0 Å². The van der Waals surface area contributed by atoms with E-state index in [9.17, 15) is 14.4 Å². The first-order valence-electron chi connectivity index (χ1n) is 9.54. The van der Waals surface area contributed by atoms with Gasteiger partial charge in [0.15, 0.2) is 0 Å². The van der Waals surface area contributed by atoms with Gasteiger partial charge in [-0.15, -0.1) is 0 Å². The van der Waals surface area contributed by atoms with E-state index in [0.717, 1.165) is 47.0 Å². The second-order valence-electron chi connectivity index (χ2n) is 7.21. The van der Waals surface area contributed by atoms with Crippen molar-refractivity contribution in [2.24, 2.45) is 0 Å². The van der Waals surface area contributed by atoms with Gasteiger partial charge in [-0.25, -0.2) is 0 Å². The van der Waals surface area contributed by atoms with Gasteiger partial charge in [0.25, 0.3) is 11.1 Å². The Hall–Kier alpha value is -2.80. The molecule has 1 fully saturated rings. The highest BCUT2D eigenvalue weighted by molar-refractivity contribution is 8.14. The van der Waals surface area contributed by atoms with Crippen LogP contribution in [0.4, 0.5) is 10.5 Å². The number of imide groups is 1. The molecule has 29 heavy (non-hydrogen) atoms. The lowest BCUT2D eigenvalue weighted by atomic mass is 9.95. The van der Waals surface area contributed by atoms with Gasteiger partial charge in [0.05, 0.1) is 25.1 Å². The van der Waals surface area contributed by atoms with E-state index in [2.05, 4.69) is 6.92 Å². The number of benzene rings is 2. The maximum Gasteiger partial charge on any atom is 0.289 e. The molecule has 3 amide bonds. The summed E-state index contributed by atoms with van der Waals surface area (Å²) in [7, 11) is 1.62. The Balaban J connectivity index is 1.64. The smallest absolute Gasteiger partial charge is 0.289 e. The summed E-state index contributed by atoms with van der Waals surface area (Å²) >= 11 is 1.01. The van der Waals surface area contributed by atoms with Crippen LogP contribution in [0.2, 0.25) is 0 Å². The van der Waals surface area contributed by atoms with Gasteiger partial charge in [0, 0.05) is 12.1 Å². The zero-order valence-electron chi connectivity index (χ0n) is 16.4. The van der Waals surface area contributed by atoms with Crippen molar-refractivity contribution < 1.29 is 19.1 Å². The van der Waals surface area contributed by atoms with Crippen molar-refractivity contribution in [1.82, 2.24) is 4.90 Å². The number of hydrogen-bond acceptors (Lipinski definition) is 5. The quantitative estimate of drug-likeness (QED) is 0.767. The van der Waals surface area contributed by atoms with E-state index in [4.69, 9.17) is 4.74 Å². The van der Waals surface area contributed by atoms with E-state index in [1.165, 1.54) is 4.90 Å². The van der Waals surface area contributed by atoms with Crippen molar-refractivity contribution >= 4 is 34.5 Å². The topological polar surface area (TPSA) is 66.9 Å². The van der Waals surface area contributed by atoms with Gasteiger partial charge in [-0.1, -0.05) is 30.0 Å². The second-order valence-corrected chi connectivity index (χ2v) is 8.13. The average Bonchev–Trinajstić information content (AvgIpc) is 3.05. The fourth-order valence-electron chi connectivity index (χ4n) is 3.90. The molecule has 6 nitrogen and oxygen atoms in total. The number of ether oxygens (including phenoxy) is 1. The number of hydrogen-bond donors (Lipinski definition) is 0. The van der Waals surface area contributed by atoms with Crippen molar-refractivity contribution in [1.29, 1.82) is 0 Å². The van der Waals surface area contributed by atoms with E-state index in [1.54, 1.807) is 30.2 Å². The molecule has 2 aromatic rings. The molecule has 2 aliphatic rings. The number of thioether (sulfide) groups is 1. The molecule has 2 heterocycles. The van der Waals surface area contributed by atoms with Crippen LogP contribution < -0.4 is 9.64 Å². The molecule has 4 rings (SSSR count). The molecule has 0 aliphatic carbocycles. The summed E-state index contributed by atoms with van der Waals surface area (Å²) in [5.74, 6) is 0.577. The normalized spacial score (nSPS) is 16.2. The minimum absolute atomic E-state index is 0.106. The third-order valence-electron chi connectivity index (χ3n) is 5.38. The summed E-state index contributed by atoms with van der Waals surface area (Å²) in [4.78, 5) is 40.2. The SMILES string of the molecule is COc1ccc(C)c2c1N(C(=O)c1cccc(CN3C(=O)CSC3=O)c1)CCC2. The summed E-state index contributed by atoms with van der Waals surface area (Å²) in [6.07, 6.45) is 1.81. The number of carbonyl (C=O) groups is 3. The number of rotatable bonds is 4. The zero-order valence-corrected chi connectivity index (χ0v) is 17.3. The Morgan fingerprint density at radius 3 is 2.76 bits per heavy atom. The van der Waals surface area contributed by atoms with Crippen molar-refractivity contribution in [3.8, 4) is 5.75 Å². The summed E-state index contributed by atoms with van der Waals surface area (Å²) in [5.41, 5.74) is 4.43. The molecular weight excluding hydrogens is 388 g/mol. The lowest BCUT2D eigenvalue weighted by Gasteiger charge is -2.32. The molecule has 2 aliphatic heterocycles. The van der Waals surface area contributed by atoms with Crippen LogP contribution in [-0.2, 0) is 17.8 Å². The lowest BCUT2D eigenvalue weighted by Crippen LogP contribution is -2.36. The molecule has 0 bridgehead atoms. The Labute approximate surface area is 173 Å². The van der Waals surface area contributed by atoms with Crippen molar-refractivity contribution in [2.45, 2.75) is 26.3 Å². The Kier molecular flexibility index (Phi) is 5.32. The standard InChI is InChI=1S/C22H22N2O4S/c1-14-8-9-18(28-2)20-17(14)7-4-10-23(20)21(26)16-6-3-5-15(11-16)12-24-19(25)13-29-22(24)27/h3,5-6,8-9,11H,4,7,10,12-13H2,1-2H3. The molecule has 2 aromatic carbocycles. The monoisotopic (exact) mass is 410 g/mol. The lowest BCUT2D eigenvalue weighted by molar-refractivity contribution is -0.125. The van der Waals surface area contributed by atoms with Crippen LogP contribution >= 0.6 is 11.8 Å². The second kappa shape index (κ2) is 7.91. The fraction of sp³-hybridized carbons (Fsp3) is 0.318. The van der Waals surface area contributed by atoms with Gasteiger partial charge in [-0.2, -0.15) is 0 Å². The summed E-state index contributed by atoms with van der Waals surface area (Å²) < 4.78 is 5.54. The third-order valence-corrected chi connectivity index (χ3v) is 6.24. The van der Waals surface area contributed by atoms with Crippen LogP contribution in [-0.4, -0.2) is 41.4 Å². The molecule has 0 aromatic heterocycles. The van der Waals surface area contributed by atoms with E-state index in [-0.39, 0.29) is 29.4 Å². The molecule has 0 radical (unpaired) electrons. The van der Waals surface area contributed by atoms with Gasteiger partial charge in [0.1, 0.15) is 5.75 Å². The van der Waals surface area contributed by atoms with E-state index < -0.39 is 0 Å². The average molecular weight is 410 g/mol. The maximum atomic E-state index is 13.4. The molecule has 150 valence electrons. The number of methoxy groups -OCH3 is 1. The summed E-state index contributed by atoms with van der Waals surface area (Å²) in [6, 6.07) is 11.1. The van der Waals surface area contributed by atoms with Gasteiger partial charge < -0.3 is 9.64 Å². The van der Waals surface area contributed by atoms with Crippen LogP contribution in [0, 0.1) is 6.92 Å². The van der Waals surface area contributed by atoms with E-state index >= 15 is 0 Å². The van der Waals surface area contributed by atoms with Gasteiger partial charge in [-0.3, -0.25) is 19.3 Å². The highest BCUT2D eigenvalue weighted by atomic mass is 32.2. The Morgan fingerprint density at radius 1 is 1.21 bits per heavy atom. The molecule has 1 saturated heterocycles. The first-order chi connectivity index (χ1) is 14.0. The molecule has 0 atom stereocenters. The first-order valence-corrected chi connectivity index (χ1v) is 10.5. The predicted octanol–water partition coefficient (Wildman–Crippen LogP) is 3.79. The fourth-order valence-corrected chi connectivity index (χ4v) is 4.62. The summed E-state index contributed by atoms with van der Waals surface area (Å²) in [5, 5.41) is -0.239. The van der Waals surface area contributed by atoms with Gasteiger partial charge in [0.2, 0.25) is 5.91 Å². The number of nitrogens with zero attached hydrogens (tertiary/aromatic N) is 2. The minimum atomic E-state index is -0.239.